The van der Waals surface area contributed by atoms with Crippen LogP contribution in [0.25, 0.3) is 10.8 Å². The second-order valence-corrected chi connectivity index (χ2v) is 8.47. The molecule has 154 valence electrons. The summed E-state index contributed by atoms with van der Waals surface area (Å²) in [7, 11) is 0. The molecule has 3 aromatic carbocycles. The molecule has 1 aromatic heterocycles. The van der Waals surface area contributed by atoms with Crippen molar-refractivity contribution in [2.24, 2.45) is 0 Å². The Labute approximate surface area is 184 Å². The van der Waals surface area contributed by atoms with E-state index in [-0.39, 0.29) is 17.2 Å². The molecule has 0 spiro atoms. The molecular formula is C25H20N2O3S. The Kier molecular flexibility index (Phi) is 5.22. The minimum Gasteiger partial charge on any atom is -0.467 e. The molecule has 1 atom stereocenters. The number of carbonyl (C=O) groups excluding carboxylic acids is 2. The SMILES string of the molecule is O=C(Nc1ccc2ccccc2c1)c1ccc([C@H]2SCC(=O)N2Cc2ccco2)cc1. The van der Waals surface area contributed by atoms with E-state index < -0.39 is 0 Å². The van der Waals surface area contributed by atoms with Crippen LogP contribution in [-0.4, -0.2) is 22.5 Å². The van der Waals surface area contributed by atoms with Gasteiger partial charge in [0.05, 0.1) is 18.6 Å². The highest BCUT2D eigenvalue weighted by Crippen LogP contribution is 2.39. The molecule has 0 radical (unpaired) electrons. The molecule has 2 heterocycles. The summed E-state index contributed by atoms with van der Waals surface area (Å²) in [6, 6.07) is 25.0. The Morgan fingerprint density at radius 1 is 1.00 bits per heavy atom. The molecule has 0 saturated carbocycles. The van der Waals surface area contributed by atoms with Gasteiger partial charge < -0.3 is 14.6 Å². The first-order valence-electron chi connectivity index (χ1n) is 10.0. The quantitative estimate of drug-likeness (QED) is 0.459. The number of thioether (sulfide) groups is 1. The van der Waals surface area contributed by atoms with E-state index in [4.69, 9.17) is 4.42 Å². The van der Waals surface area contributed by atoms with Crippen LogP contribution in [0, 0.1) is 0 Å². The van der Waals surface area contributed by atoms with Gasteiger partial charge in [-0.1, -0.05) is 42.5 Å². The molecule has 0 bridgehead atoms. The molecule has 0 aliphatic carbocycles. The zero-order valence-corrected chi connectivity index (χ0v) is 17.5. The number of hydrogen-bond donors (Lipinski definition) is 1. The third kappa shape index (κ3) is 4.07. The van der Waals surface area contributed by atoms with E-state index >= 15 is 0 Å². The van der Waals surface area contributed by atoms with Gasteiger partial charge in [0.2, 0.25) is 5.91 Å². The van der Waals surface area contributed by atoms with E-state index in [2.05, 4.69) is 5.32 Å². The van der Waals surface area contributed by atoms with E-state index in [1.165, 1.54) is 0 Å². The van der Waals surface area contributed by atoms with Gasteiger partial charge in [0.25, 0.3) is 5.91 Å². The lowest BCUT2D eigenvalue weighted by Crippen LogP contribution is -2.27. The van der Waals surface area contributed by atoms with Crippen LogP contribution in [0.1, 0.15) is 27.1 Å². The summed E-state index contributed by atoms with van der Waals surface area (Å²) in [5.41, 5.74) is 2.32. The Morgan fingerprint density at radius 2 is 1.81 bits per heavy atom. The summed E-state index contributed by atoms with van der Waals surface area (Å²) in [4.78, 5) is 26.9. The number of anilines is 1. The van der Waals surface area contributed by atoms with Crippen LogP contribution < -0.4 is 5.32 Å². The van der Waals surface area contributed by atoms with Crippen molar-refractivity contribution in [2.45, 2.75) is 11.9 Å². The van der Waals surface area contributed by atoms with Crippen molar-refractivity contribution < 1.29 is 14.0 Å². The van der Waals surface area contributed by atoms with Crippen LogP contribution in [0.3, 0.4) is 0 Å². The van der Waals surface area contributed by atoms with E-state index in [9.17, 15) is 9.59 Å². The summed E-state index contributed by atoms with van der Waals surface area (Å²) in [5, 5.41) is 5.09. The van der Waals surface area contributed by atoms with E-state index in [1.807, 2.05) is 71.6 Å². The van der Waals surface area contributed by atoms with Gasteiger partial charge in [0.1, 0.15) is 11.1 Å². The van der Waals surface area contributed by atoms with Gasteiger partial charge in [-0.15, -0.1) is 11.8 Å². The molecule has 31 heavy (non-hydrogen) atoms. The van der Waals surface area contributed by atoms with Gasteiger partial charge >= 0.3 is 0 Å². The minimum atomic E-state index is -0.163. The standard InChI is InChI=1S/C25H20N2O3S/c28-23-16-31-25(27(23)15-22-6-3-13-30-22)19-9-7-18(8-10-19)24(29)26-21-12-11-17-4-1-2-5-20(17)14-21/h1-14,25H,15-16H2,(H,26,29)/t25-/m1/s1. The third-order valence-electron chi connectivity index (χ3n) is 5.34. The molecule has 1 aliphatic rings. The highest BCUT2D eigenvalue weighted by Gasteiger charge is 2.33. The van der Waals surface area contributed by atoms with Crippen molar-refractivity contribution >= 4 is 40.0 Å². The average molecular weight is 429 g/mol. The number of amides is 2. The molecule has 1 N–H and O–H groups in total. The number of benzene rings is 3. The first-order chi connectivity index (χ1) is 15.2. The lowest BCUT2D eigenvalue weighted by Gasteiger charge is -2.23. The predicted molar refractivity (Wildman–Crippen MR) is 123 cm³/mol. The van der Waals surface area contributed by atoms with Crippen LogP contribution in [0.2, 0.25) is 0 Å². The second-order valence-electron chi connectivity index (χ2n) is 7.40. The number of furan rings is 1. The number of carbonyl (C=O) groups is 2. The summed E-state index contributed by atoms with van der Waals surface area (Å²) in [6.45, 7) is 0.438. The molecular weight excluding hydrogens is 408 g/mol. The van der Waals surface area contributed by atoms with Crippen molar-refractivity contribution in [1.82, 2.24) is 4.90 Å². The maximum atomic E-state index is 12.7. The Morgan fingerprint density at radius 3 is 2.58 bits per heavy atom. The molecule has 1 saturated heterocycles. The van der Waals surface area contributed by atoms with Gasteiger partial charge in [0.15, 0.2) is 0 Å². The maximum Gasteiger partial charge on any atom is 0.255 e. The van der Waals surface area contributed by atoms with Gasteiger partial charge in [0, 0.05) is 11.3 Å². The molecule has 5 nitrogen and oxygen atoms in total. The predicted octanol–water partition coefficient (Wildman–Crippen LogP) is 5.46. The molecule has 2 amide bonds. The number of nitrogens with zero attached hydrogens (tertiary/aromatic N) is 1. The summed E-state index contributed by atoms with van der Waals surface area (Å²) < 4.78 is 5.41. The van der Waals surface area contributed by atoms with Gasteiger partial charge in [-0.25, -0.2) is 0 Å². The largest absolute Gasteiger partial charge is 0.467 e. The smallest absolute Gasteiger partial charge is 0.255 e. The fourth-order valence-corrected chi connectivity index (χ4v) is 4.93. The Hall–Kier alpha value is -3.51. The van der Waals surface area contributed by atoms with Gasteiger partial charge in [-0.2, -0.15) is 0 Å². The fourth-order valence-electron chi connectivity index (χ4n) is 3.74. The number of fused-ring (bicyclic) bond motifs is 1. The lowest BCUT2D eigenvalue weighted by atomic mass is 10.1. The van der Waals surface area contributed by atoms with E-state index in [0.29, 0.717) is 17.9 Å². The number of nitrogens with one attached hydrogen (secondary N) is 1. The molecule has 6 heteroatoms. The van der Waals surface area contributed by atoms with Crippen LogP contribution in [0.5, 0.6) is 0 Å². The minimum absolute atomic E-state index is 0.0875. The summed E-state index contributed by atoms with van der Waals surface area (Å²) in [5.74, 6) is 1.12. The first kappa shape index (κ1) is 19.5. The number of rotatable bonds is 5. The second kappa shape index (κ2) is 8.32. The zero-order valence-electron chi connectivity index (χ0n) is 16.7. The van der Waals surface area contributed by atoms with Gasteiger partial charge in [-0.05, 0) is 52.7 Å². The van der Waals surface area contributed by atoms with Gasteiger partial charge in [-0.3, -0.25) is 9.59 Å². The topological polar surface area (TPSA) is 62.6 Å². The number of hydrogen-bond acceptors (Lipinski definition) is 4. The highest BCUT2D eigenvalue weighted by molar-refractivity contribution is 8.00. The molecule has 1 aliphatic heterocycles. The Balaban J connectivity index is 1.30. The zero-order chi connectivity index (χ0) is 21.2. The molecule has 5 rings (SSSR count). The van der Waals surface area contributed by atoms with Crippen LogP contribution in [0.4, 0.5) is 5.69 Å². The van der Waals surface area contributed by atoms with Crippen molar-refractivity contribution in [3.05, 3.63) is 102 Å². The fraction of sp³-hybridized carbons (Fsp3) is 0.120. The summed E-state index contributed by atoms with van der Waals surface area (Å²) >= 11 is 1.59. The van der Waals surface area contributed by atoms with Crippen molar-refractivity contribution in [3.63, 3.8) is 0 Å². The molecule has 4 aromatic rings. The third-order valence-corrected chi connectivity index (χ3v) is 6.60. The average Bonchev–Trinajstić information content (AvgIpc) is 3.44. The molecule has 0 unspecified atom stereocenters. The first-order valence-corrected chi connectivity index (χ1v) is 11.1. The Bertz CT molecular complexity index is 1240. The van der Waals surface area contributed by atoms with Crippen molar-refractivity contribution in [2.75, 3.05) is 11.1 Å². The lowest BCUT2D eigenvalue weighted by molar-refractivity contribution is -0.128. The van der Waals surface area contributed by atoms with Crippen LogP contribution >= 0.6 is 11.8 Å². The van der Waals surface area contributed by atoms with E-state index in [1.54, 1.807) is 30.2 Å². The summed E-state index contributed by atoms with van der Waals surface area (Å²) in [6.07, 6.45) is 1.61. The monoisotopic (exact) mass is 428 g/mol. The normalized spacial score (nSPS) is 16.1. The van der Waals surface area contributed by atoms with Crippen molar-refractivity contribution in [3.8, 4) is 0 Å². The van der Waals surface area contributed by atoms with Crippen LogP contribution in [0.15, 0.2) is 89.5 Å². The van der Waals surface area contributed by atoms with E-state index in [0.717, 1.165) is 27.8 Å². The van der Waals surface area contributed by atoms with Crippen LogP contribution in [-0.2, 0) is 11.3 Å². The maximum absolute atomic E-state index is 12.7. The van der Waals surface area contributed by atoms with Crippen molar-refractivity contribution in [1.29, 1.82) is 0 Å². The molecule has 1 fully saturated rings. The highest BCUT2D eigenvalue weighted by atomic mass is 32.2.